The Labute approximate surface area is 123 Å². The second-order valence-electron chi connectivity index (χ2n) is 4.11. The van der Waals surface area contributed by atoms with Gasteiger partial charge in [-0.05, 0) is 30.3 Å². The van der Waals surface area contributed by atoms with Gasteiger partial charge in [0.1, 0.15) is 11.4 Å². The Bertz CT molecular complexity index is 737. The number of carbonyl (C=O) groups is 1. The van der Waals surface area contributed by atoms with Crippen LogP contribution in [0.15, 0.2) is 36.4 Å². The molecule has 0 aromatic heterocycles. The number of rotatable bonds is 3. The number of nitrogens with one attached hydrogen (secondary N) is 1. The molecule has 0 bridgehead atoms. The van der Waals surface area contributed by atoms with Gasteiger partial charge in [-0.15, -0.1) is 0 Å². The quantitative estimate of drug-likeness (QED) is 0.516. The molecule has 0 atom stereocenters. The highest BCUT2D eigenvalue weighted by atomic mass is 35.5. The lowest BCUT2D eigenvalue weighted by Gasteiger charge is -2.08. The molecule has 0 aliphatic heterocycles. The fourth-order valence-corrected chi connectivity index (χ4v) is 1.89. The van der Waals surface area contributed by atoms with Gasteiger partial charge in [0.15, 0.2) is 0 Å². The van der Waals surface area contributed by atoms with E-state index in [4.69, 9.17) is 17.3 Å². The number of hydrogen-bond donors (Lipinski definition) is 2. The highest BCUT2D eigenvalue weighted by molar-refractivity contribution is 6.34. The van der Waals surface area contributed by atoms with Gasteiger partial charge in [-0.2, -0.15) is 0 Å². The number of nitrogen functional groups attached to an aromatic ring is 1. The number of nitro groups is 1. The van der Waals surface area contributed by atoms with E-state index >= 15 is 0 Å². The highest BCUT2D eigenvalue weighted by Crippen LogP contribution is 2.26. The minimum Gasteiger partial charge on any atom is -0.399 e. The lowest BCUT2D eigenvalue weighted by molar-refractivity contribution is -0.385. The maximum Gasteiger partial charge on any atom is 0.282 e. The van der Waals surface area contributed by atoms with E-state index in [0.29, 0.717) is 0 Å². The first-order valence-corrected chi connectivity index (χ1v) is 6.06. The van der Waals surface area contributed by atoms with Crippen LogP contribution in [-0.2, 0) is 0 Å². The Morgan fingerprint density at radius 3 is 2.62 bits per heavy atom. The molecule has 0 heterocycles. The number of benzene rings is 2. The van der Waals surface area contributed by atoms with E-state index in [2.05, 4.69) is 5.32 Å². The maximum atomic E-state index is 12.9. The molecule has 0 unspecified atom stereocenters. The summed E-state index contributed by atoms with van der Waals surface area (Å²) in [5.74, 6) is -1.32. The molecule has 0 aliphatic rings. The molecule has 21 heavy (non-hydrogen) atoms. The monoisotopic (exact) mass is 309 g/mol. The third kappa shape index (κ3) is 3.26. The molecule has 2 aromatic rings. The Hall–Kier alpha value is -2.67. The molecule has 1 amide bonds. The van der Waals surface area contributed by atoms with Gasteiger partial charge in [-0.1, -0.05) is 11.6 Å². The average molecular weight is 310 g/mol. The zero-order valence-corrected chi connectivity index (χ0v) is 11.2. The van der Waals surface area contributed by atoms with Crippen molar-refractivity contribution >= 4 is 34.6 Å². The number of nitrogens with two attached hydrogens (primary N) is 1. The average Bonchev–Trinajstić information content (AvgIpc) is 2.41. The fourth-order valence-electron chi connectivity index (χ4n) is 1.68. The van der Waals surface area contributed by atoms with E-state index in [1.807, 2.05) is 0 Å². The van der Waals surface area contributed by atoms with Gasteiger partial charge in [0, 0.05) is 11.8 Å². The standard InChI is InChI=1S/C13H9ClFN3O3/c14-10-5-7(15)1-3-11(10)17-13(19)9-6-8(16)2-4-12(9)18(20)21/h1-6H,16H2,(H,17,19). The van der Waals surface area contributed by atoms with Crippen molar-refractivity contribution in [2.45, 2.75) is 0 Å². The summed E-state index contributed by atoms with van der Waals surface area (Å²) in [4.78, 5) is 22.3. The van der Waals surface area contributed by atoms with Gasteiger partial charge in [0.2, 0.25) is 0 Å². The van der Waals surface area contributed by atoms with Crippen LogP contribution < -0.4 is 11.1 Å². The first-order chi connectivity index (χ1) is 9.88. The van der Waals surface area contributed by atoms with E-state index in [1.165, 1.54) is 18.2 Å². The Morgan fingerprint density at radius 1 is 1.29 bits per heavy atom. The predicted molar refractivity (Wildman–Crippen MR) is 76.9 cm³/mol. The molecular formula is C13H9ClFN3O3. The second kappa shape index (κ2) is 5.76. The molecule has 0 aliphatic carbocycles. The van der Waals surface area contributed by atoms with Gasteiger partial charge in [-0.3, -0.25) is 14.9 Å². The van der Waals surface area contributed by atoms with Crippen LogP contribution in [0, 0.1) is 15.9 Å². The third-order valence-electron chi connectivity index (χ3n) is 2.64. The number of amides is 1. The van der Waals surface area contributed by atoms with Crippen LogP contribution in [0.3, 0.4) is 0 Å². The van der Waals surface area contributed by atoms with Gasteiger partial charge >= 0.3 is 0 Å². The molecule has 2 aromatic carbocycles. The van der Waals surface area contributed by atoms with E-state index in [9.17, 15) is 19.3 Å². The summed E-state index contributed by atoms with van der Waals surface area (Å²) < 4.78 is 12.9. The van der Waals surface area contributed by atoms with Crippen LogP contribution in [-0.4, -0.2) is 10.8 Å². The third-order valence-corrected chi connectivity index (χ3v) is 2.95. The minimum absolute atomic E-state index is 0.0186. The van der Waals surface area contributed by atoms with Crippen LogP contribution in [0.2, 0.25) is 5.02 Å². The van der Waals surface area contributed by atoms with Crippen molar-refractivity contribution in [3.63, 3.8) is 0 Å². The molecule has 6 nitrogen and oxygen atoms in total. The largest absolute Gasteiger partial charge is 0.399 e. The van der Waals surface area contributed by atoms with Crippen LogP contribution in [0.1, 0.15) is 10.4 Å². The molecule has 0 saturated heterocycles. The summed E-state index contributed by atoms with van der Waals surface area (Å²) in [7, 11) is 0. The summed E-state index contributed by atoms with van der Waals surface area (Å²) >= 11 is 5.78. The highest BCUT2D eigenvalue weighted by Gasteiger charge is 2.21. The summed E-state index contributed by atoms with van der Waals surface area (Å²) in [6.07, 6.45) is 0. The van der Waals surface area contributed by atoms with Gasteiger partial charge in [-0.25, -0.2) is 4.39 Å². The number of anilines is 2. The molecule has 0 fully saturated rings. The Morgan fingerprint density at radius 2 is 2.00 bits per heavy atom. The zero-order valence-electron chi connectivity index (χ0n) is 10.5. The van der Waals surface area contributed by atoms with Crippen molar-refractivity contribution in [1.29, 1.82) is 0 Å². The van der Waals surface area contributed by atoms with E-state index < -0.39 is 16.6 Å². The zero-order chi connectivity index (χ0) is 15.6. The van der Waals surface area contributed by atoms with E-state index in [1.54, 1.807) is 0 Å². The maximum absolute atomic E-state index is 12.9. The fraction of sp³-hybridized carbons (Fsp3) is 0. The van der Waals surface area contributed by atoms with Crippen molar-refractivity contribution in [2.75, 3.05) is 11.1 Å². The summed E-state index contributed by atoms with van der Waals surface area (Å²) in [6.45, 7) is 0. The number of halogens is 2. The summed E-state index contributed by atoms with van der Waals surface area (Å²) in [5.41, 5.74) is 5.28. The number of nitro benzene ring substituents is 1. The van der Waals surface area contributed by atoms with Crippen LogP contribution in [0.4, 0.5) is 21.5 Å². The van der Waals surface area contributed by atoms with Crippen LogP contribution in [0.5, 0.6) is 0 Å². The van der Waals surface area contributed by atoms with Gasteiger partial charge < -0.3 is 11.1 Å². The molecule has 0 radical (unpaired) electrons. The second-order valence-corrected chi connectivity index (χ2v) is 4.52. The van der Waals surface area contributed by atoms with E-state index in [-0.39, 0.29) is 27.6 Å². The number of nitrogens with zero attached hydrogens (tertiary/aromatic N) is 1. The van der Waals surface area contributed by atoms with Crippen molar-refractivity contribution in [1.82, 2.24) is 0 Å². The number of hydrogen-bond acceptors (Lipinski definition) is 4. The van der Waals surface area contributed by atoms with E-state index in [0.717, 1.165) is 18.2 Å². The van der Waals surface area contributed by atoms with Gasteiger partial charge in [0.05, 0.1) is 15.6 Å². The SMILES string of the molecule is Nc1ccc([N+](=O)[O-])c(C(=O)Nc2ccc(F)cc2Cl)c1. The van der Waals surface area contributed by atoms with Crippen molar-refractivity contribution in [3.8, 4) is 0 Å². The predicted octanol–water partition coefficient (Wildman–Crippen LogP) is 3.22. The van der Waals surface area contributed by atoms with Crippen molar-refractivity contribution in [3.05, 3.63) is 62.9 Å². The Kier molecular flexibility index (Phi) is 4.04. The minimum atomic E-state index is -0.762. The first-order valence-electron chi connectivity index (χ1n) is 5.69. The van der Waals surface area contributed by atoms with Crippen molar-refractivity contribution in [2.24, 2.45) is 0 Å². The normalized spacial score (nSPS) is 10.2. The lowest BCUT2D eigenvalue weighted by atomic mass is 10.1. The Balaban J connectivity index is 2.36. The summed E-state index contributed by atoms with van der Waals surface area (Å²) in [5, 5.41) is 13.3. The molecule has 0 spiro atoms. The summed E-state index contributed by atoms with van der Waals surface area (Å²) in [6, 6.07) is 7.02. The van der Waals surface area contributed by atoms with Crippen LogP contribution in [0.25, 0.3) is 0 Å². The first kappa shape index (κ1) is 14.7. The smallest absolute Gasteiger partial charge is 0.282 e. The van der Waals surface area contributed by atoms with Crippen molar-refractivity contribution < 1.29 is 14.1 Å². The number of carbonyl (C=O) groups excluding carboxylic acids is 1. The molecule has 3 N–H and O–H groups in total. The molecule has 8 heteroatoms. The lowest BCUT2D eigenvalue weighted by Crippen LogP contribution is -2.14. The van der Waals surface area contributed by atoms with Gasteiger partial charge in [0.25, 0.3) is 11.6 Å². The molecule has 108 valence electrons. The molecule has 2 rings (SSSR count). The molecule has 0 saturated carbocycles. The van der Waals surface area contributed by atoms with Crippen LogP contribution >= 0.6 is 11.6 Å². The molecular weight excluding hydrogens is 301 g/mol. The topological polar surface area (TPSA) is 98.3 Å².